The molecule has 2 heterocycles. The number of rotatable bonds is 3. The topological polar surface area (TPSA) is 80.3 Å². The molecule has 0 bridgehead atoms. The summed E-state index contributed by atoms with van der Waals surface area (Å²) in [4.78, 5) is 16.0. The van der Waals surface area contributed by atoms with Gasteiger partial charge in [0, 0.05) is 17.7 Å². The van der Waals surface area contributed by atoms with E-state index in [1.54, 1.807) is 31.2 Å². The van der Waals surface area contributed by atoms with Crippen LogP contribution in [0.2, 0.25) is 5.15 Å². The fourth-order valence-electron chi connectivity index (χ4n) is 2.14. The number of carbonyl (C=O) groups is 1. The smallest absolute Gasteiger partial charge is 0.357 e. The zero-order valence-electron chi connectivity index (χ0n) is 12.2. The van der Waals surface area contributed by atoms with E-state index in [1.165, 1.54) is 10.6 Å². The van der Waals surface area contributed by atoms with Crippen molar-refractivity contribution in [3.8, 4) is 17.3 Å². The maximum atomic E-state index is 11.8. The number of esters is 1. The molecule has 0 unspecified atom stereocenters. The summed E-state index contributed by atoms with van der Waals surface area (Å²) in [6.45, 7) is 1.98. The second-order valence-corrected chi connectivity index (χ2v) is 5.06. The van der Waals surface area contributed by atoms with E-state index in [1.807, 2.05) is 6.07 Å². The molecule has 23 heavy (non-hydrogen) atoms. The zero-order valence-corrected chi connectivity index (χ0v) is 12.9. The third kappa shape index (κ3) is 2.87. The van der Waals surface area contributed by atoms with Gasteiger partial charge < -0.3 is 4.74 Å². The van der Waals surface area contributed by atoms with Gasteiger partial charge in [0.15, 0.2) is 11.3 Å². The van der Waals surface area contributed by atoms with E-state index in [4.69, 9.17) is 21.6 Å². The van der Waals surface area contributed by atoms with Crippen LogP contribution in [0, 0.1) is 11.3 Å². The minimum atomic E-state index is -0.536. The highest BCUT2D eigenvalue weighted by molar-refractivity contribution is 6.30. The summed E-state index contributed by atoms with van der Waals surface area (Å²) in [7, 11) is 0. The molecule has 0 spiro atoms. The number of ether oxygens (including phenoxy) is 1. The van der Waals surface area contributed by atoms with Crippen LogP contribution in [0.25, 0.3) is 16.9 Å². The van der Waals surface area contributed by atoms with Gasteiger partial charge in [-0.25, -0.2) is 14.3 Å². The van der Waals surface area contributed by atoms with E-state index >= 15 is 0 Å². The summed E-state index contributed by atoms with van der Waals surface area (Å²) in [5.74, 6) is -0.536. The number of benzene rings is 1. The van der Waals surface area contributed by atoms with Crippen molar-refractivity contribution in [2.75, 3.05) is 6.61 Å². The maximum absolute atomic E-state index is 11.8. The molecule has 0 atom stereocenters. The van der Waals surface area contributed by atoms with E-state index < -0.39 is 5.97 Å². The number of fused-ring (bicyclic) bond motifs is 1. The van der Waals surface area contributed by atoms with Gasteiger partial charge in [-0.05, 0) is 19.1 Å². The van der Waals surface area contributed by atoms with Gasteiger partial charge in [-0.15, -0.1) is 0 Å². The van der Waals surface area contributed by atoms with E-state index in [2.05, 4.69) is 16.2 Å². The Hall–Kier alpha value is -2.91. The van der Waals surface area contributed by atoms with Crippen molar-refractivity contribution in [2.24, 2.45) is 0 Å². The molecule has 0 fully saturated rings. The first-order valence-electron chi connectivity index (χ1n) is 6.86. The molecule has 0 radical (unpaired) electrons. The maximum Gasteiger partial charge on any atom is 0.357 e. The van der Waals surface area contributed by atoms with Gasteiger partial charge in [-0.3, -0.25) is 0 Å². The average molecular weight is 327 g/mol. The first kappa shape index (κ1) is 15.0. The molecule has 1 aromatic carbocycles. The van der Waals surface area contributed by atoms with E-state index in [9.17, 15) is 4.79 Å². The molecule has 0 saturated carbocycles. The summed E-state index contributed by atoms with van der Waals surface area (Å²) in [6, 6.07) is 12.2. The summed E-state index contributed by atoms with van der Waals surface area (Å²) in [5, 5.41) is 13.6. The quantitative estimate of drug-likeness (QED) is 0.545. The first-order valence-corrected chi connectivity index (χ1v) is 7.24. The summed E-state index contributed by atoms with van der Waals surface area (Å²) < 4.78 is 6.36. The number of aromatic nitrogens is 3. The van der Waals surface area contributed by atoms with Crippen LogP contribution in [0.4, 0.5) is 0 Å². The number of nitrogens with zero attached hydrogens (tertiary/aromatic N) is 4. The lowest BCUT2D eigenvalue weighted by Crippen LogP contribution is -2.08. The number of carbonyl (C=O) groups excluding carboxylic acids is 1. The van der Waals surface area contributed by atoms with Crippen LogP contribution in [0.1, 0.15) is 23.0 Å². The monoisotopic (exact) mass is 326 g/mol. The number of nitriles is 1. The first-order chi connectivity index (χ1) is 11.1. The lowest BCUT2D eigenvalue weighted by atomic mass is 10.1. The molecular weight excluding hydrogens is 316 g/mol. The van der Waals surface area contributed by atoms with E-state index in [-0.39, 0.29) is 17.5 Å². The van der Waals surface area contributed by atoms with Crippen LogP contribution in [0.3, 0.4) is 0 Å². The third-order valence-electron chi connectivity index (χ3n) is 3.16. The predicted octanol–water partition coefficient (Wildman–Crippen LogP) is 3.10. The highest BCUT2D eigenvalue weighted by atomic mass is 35.5. The van der Waals surface area contributed by atoms with Crippen LogP contribution in [0.15, 0.2) is 36.4 Å². The Bertz CT molecular complexity index is 943. The molecule has 2 aromatic heterocycles. The van der Waals surface area contributed by atoms with Gasteiger partial charge in [0.2, 0.25) is 0 Å². The molecular formula is C16H11ClN4O2. The Kier molecular flexibility index (Phi) is 3.96. The fourth-order valence-corrected chi connectivity index (χ4v) is 2.36. The van der Waals surface area contributed by atoms with Crippen LogP contribution in [-0.2, 0) is 4.74 Å². The number of halogens is 1. The minimum Gasteiger partial charge on any atom is -0.461 e. The number of hydrogen-bond donors (Lipinski definition) is 0. The average Bonchev–Trinajstić information content (AvgIpc) is 3.00. The Balaban J connectivity index is 2.10. The number of hydrogen-bond acceptors (Lipinski definition) is 5. The molecule has 0 saturated heterocycles. The minimum absolute atomic E-state index is 0.126. The molecule has 114 valence electrons. The standard InChI is InChI=1S/C16H11ClN4O2/c1-2-23-16(22)13-7-14(17)21-15(19-13)8-12(20-21)11-5-3-4-10(6-11)9-18/h3-8H,2H2,1H3. The Morgan fingerprint density at radius 2 is 2.22 bits per heavy atom. The summed E-state index contributed by atoms with van der Waals surface area (Å²) in [6.07, 6.45) is 0. The molecule has 0 aliphatic rings. The molecule has 0 N–H and O–H groups in total. The largest absolute Gasteiger partial charge is 0.461 e. The molecule has 0 amide bonds. The highest BCUT2D eigenvalue weighted by Crippen LogP contribution is 2.22. The van der Waals surface area contributed by atoms with Crippen LogP contribution < -0.4 is 0 Å². The molecule has 7 heteroatoms. The summed E-state index contributed by atoms with van der Waals surface area (Å²) in [5.41, 5.74) is 2.46. The van der Waals surface area contributed by atoms with Gasteiger partial charge in [-0.2, -0.15) is 10.4 Å². The van der Waals surface area contributed by atoms with Crippen molar-refractivity contribution in [1.29, 1.82) is 5.26 Å². The van der Waals surface area contributed by atoms with Crippen LogP contribution >= 0.6 is 11.6 Å². The molecule has 3 rings (SSSR count). The second kappa shape index (κ2) is 6.07. The Labute approximate surface area is 136 Å². The molecule has 0 aliphatic carbocycles. The molecule has 0 aliphatic heterocycles. The lowest BCUT2D eigenvalue weighted by molar-refractivity contribution is 0.0519. The third-order valence-corrected chi connectivity index (χ3v) is 3.42. The summed E-state index contributed by atoms with van der Waals surface area (Å²) >= 11 is 6.17. The second-order valence-electron chi connectivity index (χ2n) is 4.68. The normalized spacial score (nSPS) is 10.5. The van der Waals surface area contributed by atoms with Gasteiger partial charge in [0.1, 0.15) is 5.15 Å². The van der Waals surface area contributed by atoms with Crippen molar-refractivity contribution in [3.05, 3.63) is 52.8 Å². The van der Waals surface area contributed by atoms with Gasteiger partial charge in [0.05, 0.1) is 23.9 Å². The van der Waals surface area contributed by atoms with Crippen molar-refractivity contribution in [1.82, 2.24) is 14.6 Å². The van der Waals surface area contributed by atoms with Crippen molar-refractivity contribution >= 4 is 23.2 Å². The van der Waals surface area contributed by atoms with E-state index in [0.717, 1.165) is 5.56 Å². The van der Waals surface area contributed by atoms with Gasteiger partial charge in [-0.1, -0.05) is 23.7 Å². The van der Waals surface area contributed by atoms with Crippen LogP contribution in [-0.4, -0.2) is 27.2 Å². The van der Waals surface area contributed by atoms with Crippen molar-refractivity contribution in [3.63, 3.8) is 0 Å². The van der Waals surface area contributed by atoms with E-state index in [0.29, 0.717) is 16.9 Å². The Morgan fingerprint density at radius 1 is 1.39 bits per heavy atom. The van der Waals surface area contributed by atoms with Gasteiger partial charge >= 0.3 is 5.97 Å². The highest BCUT2D eigenvalue weighted by Gasteiger charge is 2.15. The van der Waals surface area contributed by atoms with Gasteiger partial charge in [0.25, 0.3) is 0 Å². The fraction of sp³-hybridized carbons (Fsp3) is 0.125. The molecule has 6 nitrogen and oxygen atoms in total. The zero-order chi connectivity index (χ0) is 16.4. The van der Waals surface area contributed by atoms with Crippen molar-refractivity contribution < 1.29 is 9.53 Å². The predicted molar refractivity (Wildman–Crippen MR) is 84.1 cm³/mol. The SMILES string of the molecule is CCOC(=O)c1cc(Cl)n2nc(-c3cccc(C#N)c3)cc2n1. The lowest BCUT2D eigenvalue weighted by Gasteiger charge is -2.02. The van der Waals surface area contributed by atoms with Crippen molar-refractivity contribution in [2.45, 2.75) is 6.92 Å². The molecule has 3 aromatic rings. The Morgan fingerprint density at radius 3 is 2.96 bits per heavy atom. The van der Waals surface area contributed by atoms with Crippen LogP contribution in [0.5, 0.6) is 0 Å².